The van der Waals surface area contributed by atoms with Crippen molar-refractivity contribution >= 4 is 11.8 Å². The number of amides is 2. The molecule has 7 nitrogen and oxygen atoms in total. The lowest BCUT2D eigenvalue weighted by molar-refractivity contribution is -0.131. The Morgan fingerprint density at radius 2 is 1.97 bits per heavy atom. The van der Waals surface area contributed by atoms with Gasteiger partial charge in [-0.05, 0) is 69.9 Å². The van der Waals surface area contributed by atoms with Crippen molar-refractivity contribution in [2.45, 2.75) is 58.4 Å². The van der Waals surface area contributed by atoms with Crippen molar-refractivity contribution < 1.29 is 9.59 Å². The molecule has 2 saturated heterocycles. The van der Waals surface area contributed by atoms with Gasteiger partial charge in [0.15, 0.2) is 0 Å². The fraction of sp³-hybridized carbons (Fsp3) is 0.917. The molecule has 0 aromatic heterocycles. The molecule has 3 rings (SSSR count). The number of carbonyl (C=O) groups excluding carboxylic acids is 2. The van der Waals surface area contributed by atoms with E-state index < -0.39 is 0 Å². The highest BCUT2D eigenvalue weighted by Crippen LogP contribution is 2.37. The molecule has 31 heavy (non-hydrogen) atoms. The maximum Gasteiger partial charge on any atom is 0.225 e. The van der Waals surface area contributed by atoms with E-state index in [2.05, 4.69) is 34.8 Å². The molecule has 0 aromatic carbocycles. The van der Waals surface area contributed by atoms with Crippen molar-refractivity contribution in [2.24, 2.45) is 41.2 Å². The average molecular weight is 436 g/mol. The molecular weight excluding hydrogens is 390 g/mol. The van der Waals surface area contributed by atoms with Crippen LogP contribution in [0, 0.1) is 35.5 Å². The zero-order valence-electron chi connectivity index (χ0n) is 19.9. The van der Waals surface area contributed by atoms with Gasteiger partial charge in [0.2, 0.25) is 11.8 Å². The highest BCUT2D eigenvalue weighted by Gasteiger charge is 2.36. The normalized spacial score (nSPS) is 36.8. The molecule has 5 N–H and O–H groups in total. The van der Waals surface area contributed by atoms with Gasteiger partial charge in [0.1, 0.15) is 0 Å². The molecule has 3 aliphatic rings. The van der Waals surface area contributed by atoms with E-state index >= 15 is 0 Å². The average Bonchev–Trinajstić information content (AvgIpc) is 2.73. The maximum absolute atomic E-state index is 12.9. The van der Waals surface area contributed by atoms with Gasteiger partial charge < -0.3 is 26.6 Å². The Balaban J connectivity index is 1.47. The second-order valence-corrected chi connectivity index (χ2v) is 10.7. The highest BCUT2D eigenvalue weighted by atomic mass is 16.2. The van der Waals surface area contributed by atoms with E-state index in [1.54, 1.807) is 0 Å². The van der Waals surface area contributed by atoms with Crippen LogP contribution in [0.4, 0.5) is 0 Å². The number of hydrogen-bond acceptors (Lipinski definition) is 5. The first kappa shape index (κ1) is 24.5. The maximum atomic E-state index is 12.9. The van der Waals surface area contributed by atoms with E-state index in [4.69, 9.17) is 5.73 Å². The van der Waals surface area contributed by atoms with Crippen molar-refractivity contribution in [3.63, 3.8) is 0 Å². The van der Waals surface area contributed by atoms with Gasteiger partial charge in [-0.2, -0.15) is 0 Å². The van der Waals surface area contributed by atoms with Crippen molar-refractivity contribution in [2.75, 3.05) is 46.3 Å². The molecule has 7 unspecified atom stereocenters. The van der Waals surface area contributed by atoms with Crippen LogP contribution in [-0.4, -0.2) is 69.1 Å². The molecule has 178 valence electrons. The fourth-order valence-electron chi connectivity index (χ4n) is 6.25. The van der Waals surface area contributed by atoms with Crippen LogP contribution in [0.3, 0.4) is 0 Å². The van der Waals surface area contributed by atoms with Gasteiger partial charge >= 0.3 is 0 Å². The van der Waals surface area contributed by atoms with Crippen LogP contribution in [0.1, 0.15) is 52.4 Å². The largest absolute Gasteiger partial charge is 0.355 e. The smallest absolute Gasteiger partial charge is 0.225 e. The summed E-state index contributed by atoms with van der Waals surface area (Å²) < 4.78 is 0. The minimum Gasteiger partial charge on any atom is -0.355 e. The number of rotatable bonds is 8. The Kier molecular flexibility index (Phi) is 9.17. The molecule has 0 radical (unpaired) electrons. The third kappa shape index (κ3) is 6.90. The summed E-state index contributed by atoms with van der Waals surface area (Å²) in [6.07, 6.45) is 7.12. The van der Waals surface area contributed by atoms with Gasteiger partial charge in [0.05, 0.1) is 11.8 Å². The van der Waals surface area contributed by atoms with Crippen LogP contribution < -0.4 is 21.7 Å². The predicted molar refractivity (Wildman–Crippen MR) is 124 cm³/mol. The SMILES string of the molecule is CC1CC(C)C(CNC(=O)C2CNCC(C3CCCC(CN(C)CCN)C3)C2)C(=O)N1. The topological polar surface area (TPSA) is 99.5 Å². The standard InChI is InChI=1S/C24H45N5O2/c1-16-9-17(2)28-24(31)22(16)14-27-23(30)21-11-20(12-26-13-21)19-6-4-5-18(10-19)15-29(3)8-7-25/h16-22,26H,4-15,25H2,1-3H3,(H,27,30)(H,28,31). The number of carbonyl (C=O) groups is 2. The fourth-order valence-corrected chi connectivity index (χ4v) is 6.25. The van der Waals surface area contributed by atoms with Crippen LogP contribution in [0.2, 0.25) is 0 Å². The first-order valence-electron chi connectivity index (χ1n) is 12.5. The molecule has 0 spiro atoms. The van der Waals surface area contributed by atoms with Gasteiger partial charge in [-0.1, -0.05) is 19.8 Å². The Hall–Kier alpha value is -1.18. The summed E-state index contributed by atoms with van der Waals surface area (Å²) in [5.74, 6) is 2.43. The Bertz CT molecular complexity index is 601. The summed E-state index contributed by atoms with van der Waals surface area (Å²) in [7, 11) is 2.17. The zero-order chi connectivity index (χ0) is 22.4. The quantitative estimate of drug-likeness (QED) is 0.459. The third-order valence-corrected chi connectivity index (χ3v) is 7.96. The van der Waals surface area contributed by atoms with Gasteiger partial charge in [-0.25, -0.2) is 0 Å². The predicted octanol–water partition coefficient (Wildman–Crippen LogP) is 1.19. The van der Waals surface area contributed by atoms with E-state index in [1.165, 1.54) is 25.7 Å². The van der Waals surface area contributed by atoms with Crippen molar-refractivity contribution in [1.29, 1.82) is 0 Å². The number of nitrogens with one attached hydrogen (secondary N) is 3. The molecule has 1 aliphatic carbocycles. The molecule has 7 atom stereocenters. The molecule has 0 aromatic rings. The van der Waals surface area contributed by atoms with E-state index in [0.29, 0.717) is 24.3 Å². The molecule has 2 aliphatic heterocycles. The molecular formula is C24H45N5O2. The van der Waals surface area contributed by atoms with Crippen molar-refractivity contribution in [3.8, 4) is 0 Å². The zero-order valence-corrected chi connectivity index (χ0v) is 19.9. The lowest BCUT2D eigenvalue weighted by atomic mass is 9.71. The van der Waals surface area contributed by atoms with Crippen LogP contribution >= 0.6 is 0 Å². The number of piperidine rings is 2. The lowest BCUT2D eigenvalue weighted by Crippen LogP contribution is -2.52. The van der Waals surface area contributed by atoms with Crippen LogP contribution in [0.25, 0.3) is 0 Å². The number of nitrogens with two attached hydrogens (primary N) is 1. The number of nitrogens with zero attached hydrogens (tertiary/aromatic N) is 1. The summed E-state index contributed by atoms with van der Waals surface area (Å²) in [5, 5.41) is 9.67. The Morgan fingerprint density at radius 3 is 2.71 bits per heavy atom. The van der Waals surface area contributed by atoms with Crippen LogP contribution in [0.15, 0.2) is 0 Å². The summed E-state index contributed by atoms with van der Waals surface area (Å²) in [6, 6.07) is 0.229. The third-order valence-electron chi connectivity index (χ3n) is 7.96. The monoisotopic (exact) mass is 435 g/mol. The minimum atomic E-state index is -0.114. The molecule has 2 heterocycles. The second kappa shape index (κ2) is 11.6. The van der Waals surface area contributed by atoms with E-state index in [9.17, 15) is 9.59 Å². The summed E-state index contributed by atoms with van der Waals surface area (Å²) in [4.78, 5) is 27.6. The van der Waals surface area contributed by atoms with Gasteiger partial charge in [0, 0.05) is 38.8 Å². The van der Waals surface area contributed by atoms with E-state index in [0.717, 1.165) is 51.5 Å². The molecule has 3 fully saturated rings. The molecule has 7 heteroatoms. The first-order valence-corrected chi connectivity index (χ1v) is 12.5. The van der Waals surface area contributed by atoms with Crippen molar-refractivity contribution in [1.82, 2.24) is 20.9 Å². The summed E-state index contributed by atoms with van der Waals surface area (Å²) in [5.41, 5.74) is 5.71. The molecule has 1 saturated carbocycles. The minimum absolute atomic E-state index is 0.0138. The van der Waals surface area contributed by atoms with E-state index in [1.807, 2.05) is 6.92 Å². The van der Waals surface area contributed by atoms with Gasteiger partial charge in [-0.3, -0.25) is 9.59 Å². The van der Waals surface area contributed by atoms with Crippen LogP contribution in [-0.2, 0) is 9.59 Å². The lowest BCUT2D eigenvalue weighted by Gasteiger charge is -2.40. The Labute approximate surface area is 188 Å². The molecule has 0 bridgehead atoms. The van der Waals surface area contributed by atoms with Gasteiger partial charge in [0.25, 0.3) is 0 Å². The first-order chi connectivity index (χ1) is 14.9. The molecule has 2 amide bonds. The second-order valence-electron chi connectivity index (χ2n) is 10.7. The Morgan fingerprint density at radius 1 is 1.16 bits per heavy atom. The highest BCUT2D eigenvalue weighted by molar-refractivity contribution is 5.82. The summed E-state index contributed by atoms with van der Waals surface area (Å²) in [6.45, 7) is 9.22. The van der Waals surface area contributed by atoms with Crippen molar-refractivity contribution in [3.05, 3.63) is 0 Å². The van der Waals surface area contributed by atoms with Gasteiger partial charge in [-0.15, -0.1) is 0 Å². The van der Waals surface area contributed by atoms with Crippen LogP contribution in [0.5, 0.6) is 0 Å². The number of likely N-dealkylation sites (N-methyl/N-ethyl adjacent to an activating group) is 1. The summed E-state index contributed by atoms with van der Waals surface area (Å²) >= 11 is 0. The number of hydrogen-bond donors (Lipinski definition) is 4. The van der Waals surface area contributed by atoms with E-state index in [-0.39, 0.29) is 29.7 Å².